The molecule has 3 rings (SSSR count). The molecule has 1 N–H and O–H groups in total. The molecule has 1 aromatic carbocycles. The third-order valence-corrected chi connectivity index (χ3v) is 3.42. The first kappa shape index (κ1) is 11.7. The van der Waals surface area contributed by atoms with Crippen LogP contribution in [0.5, 0.6) is 0 Å². The van der Waals surface area contributed by atoms with Gasteiger partial charge >= 0.3 is 0 Å². The fraction of sp³-hybridized carbons (Fsp3) is 0. The molecule has 19 heavy (non-hydrogen) atoms. The third-order valence-electron chi connectivity index (χ3n) is 2.55. The first-order chi connectivity index (χ1) is 9.33. The number of hydrogen-bond acceptors (Lipinski definition) is 4. The Morgan fingerprint density at radius 2 is 2.16 bits per heavy atom. The van der Waals surface area contributed by atoms with Crippen LogP contribution in [0.2, 0.25) is 0 Å². The highest BCUT2D eigenvalue weighted by molar-refractivity contribution is 7.12. The van der Waals surface area contributed by atoms with Crippen molar-refractivity contribution < 1.29 is 9.21 Å². The lowest BCUT2D eigenvalue weighted by molar-refractivity contribution is 0.0959. The number of nitrogens with one attached hydrogen (secondary N) is 1. The van der Waals surface area contributed by atoms with Gasteiger partial charge in [-0.25, -0.2) is 5.43 Å². The number of rotatable bonds is 3. The van der Waals surface area contributed by atoms with Crippen molar-refractivity contribution in [1.29, 1.82) is 0 Å². The van der Waals surface area contributed by atoms with Gasteiger partial charge in [0.15, 0.2) is 0 Å². The van der Waals surface area contributed by atoms with Crippen LogP contribution in [0.3, 0.4) is 0 Å². The van der Waals surface area contributed by atoms with Crippen molar-refractivity contribution in [2.24, 2.45) is 5.10 Å². The molecular weight excluding hydrogens is 260 g/mol. The van der Waals surface area contributed by atoms with E-state index in [0.717, 1.165) is 11.0 Å². The predicted molar refractivity (Wildman–Crippen MR) is 75.6 cm³/mol. The lowest BCUT2D eigenvalue weighted by Crippen LogP contribution is -2.15. The first-order valence-electron chi connectivity index (χ1n) is 5.68. The van der Waals surface area contributed by atoms with E-state index in [1.165, 1.54) is 17.6 Å². The zero-order valence-electron chi connectivity index (χ0n) is 9.87. The van der Waals surface area contributed by atoms with E-state index in [4.69, 9.17) is 4.42 Å². The van der Waals surface area contributed by atoms with Gasteiger partial charge in [-0.15, -0.1) is 11.3 Å². The summed E-state index contributed by atoms with van der Waals surface area (Å²) < 4.78 is 5.54. The summed E-state index contributed by atoms with van der Waals surface area (Å²) in [5, 5.41) is 6.73. The van der Waals surface area contributed by atoms with E-state index in [1.807, 2.05) is 41.8 Å². The molecule has 0 saturated carbocycles. The summed E-state index contributed by atoms with van der Waals surface area (Å²) in [7, 11) is 0. The van der Waals surface area contributed by atoms with E-state index < -0.39 is 0 Å². The molecule has 5 heteroatoms. The van der Waals surface area contributed by atoms with Crippen molar-refractivity contribution in [2.75, 3.05) is 0 Å². The number of thiophene rings is 1. The minimum absolute atomic E-state index is 0.220. The number of furan rings is 1. The van der Waals surface area contributed by atoms with E-state index in [9.17, 15) is 4.79 Å². The summed E-state index contributed by atoms with van der Waals surface area (Å²) in [4.78, 5) is 12.2. The number of hydrazone groups is 1. The van der Waals surface area contributed by atoms with Gasteiger partial charge in [0.1, 0.15) is 11.3 Å². The number of hydrogen-bond donors (Lipinski definition) is 1. The molecule has 0 saturated heterocycles. The number of para-hydroxylation sites is 1. The summed E-state index contributed by atoms with van der Waals surface area (Å²) in [6.07, 6.45) is 1.49. The largest absolute Gasteiger partial charge is 0.455 e. The van der Waals surface area contributed by atoms with E-state index in [0.29, 0.717) is 10.6 Å². The average molecular weight is 270 g/mol. The zero-order valence-corrected chi connectivity index (χ0v) is 10.7. The second-order valence-corrected chi connectivity index (χ2v) is 4.81. The van der Waals surface area contributed by atoms with Crippen LogP contribution >= 0.6 is 11.3 Å². The van der Waals surface area contributed by atoms with Crippen LogP contribution in [-0.4, -0.2) is 12.1 Å². The zero-order chi connectivity index (χ0) is 13.1. The monoisotopic (exact) mass is 270 g/mol. The highest BCUT2D eigenvalue weighted by atomic mass is 32.1. The van der Waals surface area contributed by atoms with Gasteiger partial charge in [0.25, 0.3) is 5.91 Å². The molecule has 94 valence electrons. The topological polar surface area (TPSA) is 54.6 Å². The maximum Gasteiger partial charge on any atom is 0.281 e. The van der Waals surface area contributed by atoms with Crippen molar-refractivity contribution in [3.63, 3.8) is 0 Å². The summed E-state index contributed by atoms with van der Waals surface area (Å²) in [5.74, 6) is 0.384. The van der Waals surface area contributed by atoms with Crippen LogP contribution in [0.1, 0.15) is 15.4 Å². The van der Waals surface area contributed by atoms with Crippen LogP contribution < -0.4 is 5.43 Å². The Kier molecular flexibility index (Phi) is 3.12. The van der Waals surface area contributed by atoms with Crippen molar-refractivity contribution in [1.82, 2.24) is 5.43 Å². The standard InChI is InChI=1S/C14H10N2O2S/c17-14(13-6-3-7-19-13)16-15-9-11-8-10-4-1-2-5-12(10)18-11/h1-9H,(H,16,17)/b15-9+. The number of nitrogens with zero attached hydrogens (tertiary/aromatic N) is 1. The molecule has 0 aliphatic carbocycles. The molecule has 0 unspecified atom stereocenters. The lowest BCUT2D eigenvalue weighted by atomic mass is 10.2. The molecule has 0 bridgehead atoms. The maximum absolute atomic E-state index is 11.6. The molecule has 2 heterocycles. The Labute approximate surface area is 113 Å². The molecule has 0 radical (unpaired) electrons. The Morgan fingerprint density at radius 3 is 2.95 bits per heavy atom. The van der Waals surface area contributed by atoms with Crippen LogP contribution in [0, 0.1) is 0 Å². The molecular formula is C14H10N2O2S. The third kappa shape index (κ3) is 2.56. The van der Waals surface area contributed by atoms with Gasteiger partial charge in [-0.3, -0.25) is 4.79 Å². The normalized spacial score (nSPS) is 11.2. The van der Waals surface area contributed by atoms with E-state index in [-0.39, 0.29) is 5.91 Å². The van der Waals surface area contributed by atoms with E-state index in [1.54, 1.807) is 6.07 Å². The van der Waals surface area contributed by atoms with Crippen LogP contribution in [0.25, 0.3) is 11.0 Å². The number of amides is 1. The first-order valence-corrected chi connectivity index (χ1v) is 6.56. The molecule has 0 spiro atoms. The van der Waals surface area contributed by atoms with Gasteiger partial charge in [0.05, 0.1) is 11.1 Å². The number of carbonyl (C=O) groups excluding carboxylic acids is 1. The van der Waals surface area contributed by atoms with Crippen molar-refractivity contribution in [2.45, 2.75) is 0 Å². The Balaban J connectivity index is 1.71. The second-order valence-electron chi connectivity index (χ2n) is 3.86. The molecule has 0 aliphatic rings. The average Bonchev–Trinajstić information content (AvgIpc) is 3.07. The fourth-order valence-electron chi connectivity index (χ4n) is 1.68. The predicted octanol–water partition coefficient (Wildman–Crippen LogP) is 3.26. The molecule has 0 aliphatic heterocycles. The van der Waals surface area contributed by atoms with Crippen LogP contribution in [0.4, 0.5) is 0 Å². The summed E-state index contributed by atoms with van der Waals surface area (Å²) >= 11 is 1.37. The number of fused-ring (bicyclic) bond motifs is 1. The summed E-state index contributed by atoms with van der Waals surface area (Å²) in [6.45, 7) is 0. The highest BCUT2D eigenvalue weighted by Crippen LogP contribution is 2.17. The van der Waals surface area contributed by atoms with Gasteiger partial charge in [-0.1, -0.05) is 24.3 Å². The molecule has 1 amide bonds. The van der Waals surface area contributed by atoms with Gasteiger partial charge in [-0.05, 0) is 23.6 Å². The van der Waals surface area contributed by atoms with E-state index >= 15 is 0 Å². The number of carbonyl (C=O) groups is 1. The van der Waals surface area contributed by atoms with Crippen LogP contribution in [0.15, 0.2) is 57.4 Å². The summed E-state index contributed by atoms with van der Waals surface area (Å²) in [5.41, 5.74) is 3.26. The van der Waals surface area contributed by atoms with Gasteiger partial charge in [-0.2, -0.15) is 5.10 Å². The molecule has 4 nitrogen and oxygen atoms in total. The van der Waals surface area contributed by atoms with Gasteiger partial charge < -0.3 is 4.42 Å². The Hall–Kier alpha value is -2.40. The van der Waals surface area contributed by atoms with Gasteiger partial charge in [0, 0.05) is 5.39 Å². The smallest absolute Gasteiger partial charge is 0.281 e. The van der Waals surface area contributed by atoms with Crippen LogP contribution in [-0.2, 0) is 0 Å². The van der Waals surface area contributed by atoms with E-state index in [2.05, 4.69) is 10.5 Å². The highest BCUT2D eigenvalue weighted by Gasteiger charge is 2.04. The van der Waals surface area contributed by atoms with Gasteiger partial charge in [0.2, 0.25) is 0 Å². The second kappa shape index (κ2) is 5.07. The Bertz CT molecular complexity index is 696. The minimum atomic E-state index is -0.220. The molecule has 3 aromatic rings. The molecule has 2 aromatic heterocycles. The molecule has 0 atom stereocenters. The van der Waals surface area contributed by atoms with Crippen molar-refractivity contribution >= 4 is 34.4 Å². The Morgan fingerprint density at radius 1 is 1.26 bits per heavy atom. The maximum atomic E-state index is 11.6. The fourth-order valence-corrected chi connectivity index (χ4v) is 2.30. The lowest BCUT2D eigenvalue weighted by Gasteiger charge is -1.93. The SMILES string of the molecule is O=C(N/N=C/c1cc2ccccc2o1)c1cccs1. The quantitative estimate of drug-likeness (QED) is 0.586. The minimum Gasteiger partial charge on any atom is -0.455 e. The van der Waals surface area contributed by atoms with Crippen molar-refractivity contribution in [3.8, 4) is 0 Å². The van der Waals surface area contributed by atoms with Crippen molar-refractivity contribution in [3.05, 3.63) is 58.5 Å². The summed E-state index contributed by atoms with van der Waals surface area (Å²) in [6, 6.07) is 13.1. The number of benzene rings is 1. The molecule has 0 fully saturated rings.